The van der Waals surface area contributed by atoms with E-state index in [4.69, 9.17) is 5.11 Å². The van der Waals surface area contributed by atoms with Gasteiger partial charge in [-0.1, -0.05) is 0 Å². The van der Waals surface area contributed by atoms with Gasteiger partial charge in [0, 0.05) is 31.7 Å². The molecule has 2 aromatic rings. The Bertz CT molecular complexity index is 693. The van der Waals surface area contributed by atoms with Crippen LogP contribution in [0.25, 0.3) is 11.0 Å². The second-order valence-electron chi connectivity index (χ2n) is 4.83. The van der Waals surface area contributed by atoms with Crippen LogP contribution >= 0.6 is 0 Å². The Morgan fingerprint density at radius 3 is 2.76 bits per heavy atom. The van der Waals surface area contributed by atoms with Crippen molar-refractivity contribution in [3.8, 4) is 0 Å². The fourth-order valence-electron chi connectivity index (χ4n) is 2.24. The molecule has 112 valence electrons. The van der Waals surface area contributed by atoms with E-state index in [0.29, 0.717) is 12.1 Å². The van der Waals surface area contributed by atoms with Gasteiger partial charge in [-0.25, -0.2) is 4.98 Å². The predicted molar refractivity (Wildman–Crippen MR) is 77.1 cm³/mol. The summed E-state index contributed by atoms with van der Waals surface area (Å²) in [6, 6.07) is 1.76. The summed E-state index contributed by atoms with van der Waals surface area (Å²) in [7, 11) is 1.80. The van der Waals surface area contributed by atoms with Gasteiger partial charge < -0.3 is 10.0 Å². The van der Waals surface area contributed by atoms with E-state index in [1.54, 1.807) is 17.8 Å². The summed E-state index contributed by atoms with van der Waals surface area (Å²) in [6.07, 6.45) is 1.44. The van der Waals surface area contributed by atoms with E-state index in [0.717, 1.165) is 16.7 Å². The van der Waals surface area contributed by atoms with Gasteiger partial charge in [-0.2, -0.15) is 5.10 Å². The number of aromatic nitrogens is 3. The lowest BCUT2D eigenvalue weighted by Crippen LogP contribution is -2.32. The monoisotopic (exact) mass is 290 g/mol. The quantitative estimate of drug-likeness (QED) is 0.894. The Labute approximate surface area is 122 Å². The highest BCUT2D eigenvalue weighted by Gasteiger charge is 2.17. The Balaban J connectivity index is 2.29. The van der Waals surface area contributed by atoms with E-state index in [1.165, 1.54) is 11.1 Å². The van der Waals surface area contributed by atoms with Crippen LogP contribution in [-0.2, 0) is 11.8 Å². The minimum atomic E-state index is -0.919. The Hall–Kier alpha value is -2.44. The molecule has 0 saturated carbocycles. The highest BCUT2D eigenvalue weighted by Crippen LogP contribution is 2.17. The molecule has 2 aromatic heterocycles. The van der Waals surface area contributed by atoms with E-state index in [9.17, 15) is 9.59 Å². The molecule has 7 nitrogen and oxygen atoms in total. The molecule has 0 unspecified atom stereocenters. The van der Waals surface area contributed by atoms with E-state index in [2.05, 4.69) is 10.1 Å². The molecule has 1 N–H and O–H groups in total. The van der Waals surface area contributed by atoms with Crippen molar-refractivity contribution in [1.29, 1.82) is 0 Å². The number of carboxylic acids is 1. The highest BCUT2D eigenvalue weighted by atomic mass is 16.4. The maximum atomic E-state index is 12.4. The summed E-state index contributed by atoms with van der Waals surface area (Å²) in [5.74, 6) is -1.13. The van der Waals surface area contributed by atoms with Gasteiger partial charge in [0.1, 0.15) is 0 Å². The standard InChI is InChI=1S/C14H18N4O3/c1-4-18(6-5-12(19)20)14(21)10-7-11-9(2)16-17(3)13(11)15-8-10/h7-8H,4-6H2,1-3H3,(H,19,20). The summed E-state index contributed by atoms with van der Waals surface area (Å²) in [5, 5.41) is 13.8. The van der Waals surface area contributed by atoms with Crippen molar-refractivity contribution >= 4 is 22.9 Å². The zero-order chi connectivity index (χ0) is 15.6. The molecule has 0 aromatic carbocycles. The Kier molecular flexibility index (Phi) is 4.21. The fraction of sp³-hybridized carbons (Fsp3) is 0.429. The number of amides is 1. The number of carbonyl (C=O) groups excluding carboxylic acids is 1. The molecule has 0 aliphatic rings. The average molecular weight is 290 g/mol. The van der Waals surface area contributed by atoms with E-state index in [-0.39, 0.29) is 18.9 Å². The number of pyridine rings is 1. The van der Waals surface area contributed by atoms with Crippen molar-refractivity contribution in [3.63, 3.8) is 0 Å². The SMILES string of the molecule is CCN(CCC(=O)O)C(=O)c1cnc2c(c1)c(C)nn2C. The zero-order valence-electron chi connectivity index (χ0n) is 12.3. The lowest BCUT2D eigenvalue weighted by molar-refractivity contribution is -0.137. The van der Waals surface area contributed by atoms with Crippen molar-refractivity contribution in [2.45, 2.75) is 20.3 Å². The first kappa shape index (κ1) is 15.0. The van der Waals surface area contributed by atoms with Crippen molar-refractivity contribution in [3.05, 3.63) is 23.5 Å². The molecule has 0 saturated heterocycles. The average Bonchev–Trinajstić information content (AvgIpc) is 2.73. The third-order valence-corrected chi connectivity index (χ3v) is 3.37. The van der Waals surface area contributed by atoms with Crippen LogP contribution in [0, 0.1) is 6.92 Å². The van der Waals surface area contributed by atoms with Gasteiger partial charge in [0.15, 0.2) is 5.65 Å². The minimum Gasteiger partial charge on any atom is -0.481 e. The van der Waals surface area contributed by atoms with Crippen LogP contribution in [0.5, 0.6) is 0 Å². The Morgan fingerprint density at radius 1 is 1.43 bits per heavy atom. The lowest BCUT2D eigenvalue weighted by Gasteiger charge is -2.19. The number of nitrogens with zero attached hydrogens (tertiary/aromatic N) is 4. The van der Waals surface area contributed by atoms with Crippen LogP contribution in [0.1, 0.15) is 29.4 Å². The van der Waals surface area contributed by atoms with Crippen LogP contribution in [0.15, 0.2) is 12.3 Å². The largest absolute Gasteiger partial charge is 0.481 e. The smallest absolute Gasteiger partial charge is 0.305 e. The molecule has 7 heteroatoms. The molecule has 0 spiro atoms. The van der Waals surface area contributed by atoms with Crippen LogP contribution in [-0.4, -0.2) is 49.7 Å². The van der Waals surface area contributed by atoms with Crippen LogP contribution in [0.2, 0.25) is 0 Å². The molecule has 0 bridgehead atoms. The first-order valence-corrected chi connectivity index (χ1v) is 6.74. The van der Waals surface area contributed by atoms with Crippen molar-refractivity contribution in [1.82, 2.24) is 19.7 Å². The van der Waals surface area contributed by atoms with Crippen LogP contribution in [0.3, 0.4) is 0 Å². The highest BCUT2D eigenvalue weighted by molar-refractivity contribution is 5.97. The van der Waals surface area contributed by atoms with Gasteiger partial charge in [-0.3, -0.25) is 14.3 Å². The molecule has 2 rings (SSSR count). The molecule has 0 atom stereocenters. The van der Waals surface area contributed by atoms with Gasteiger partial charge in [0.05, 0.1) is 17.7 Å². The topological polar surface area (TPSA) is 88.3 Å². The molecule has 21 heavy (non-hydrogen) atoms. The summed E-state index contributed by atoms with van der Waals surface area (Å²) >= 11 is 0. The first-order chi connectivity index (χ1) is 9.93. The number of aliphatic carboxylic acids is 1. The second-order valence-corrected chi connectivity index (χ2v) is 4.83. The van der Waals surface area contributed by atoms with Gasteiger partial charge in [-0.05, 0) is 19.9 Å². The summed E-state index contributed by atoms with van der Waals surface area (Å²) in [4.78, 5) is 28.8. The number of carboxylic acid groups (broad SMARTS) is 1. The molecule has 0 radical (unpaired) electrons. The fourth-order valence-corrected chi connectivity index (χ4v) is 2.24. The molecule has 2 heterocycles. The second kappa shape index (κ2) is 5.90. The molecular weight excluding hydrogens is 272 g/mol. The zero-order valence-corrected chi connectivity index (χ0v) is 12.3. The lowest BCUT2D eigenvalue weighted by atomic mass is 10.2. The third-order valence-electron chi connectivity index (χ3n) is 3.37. The third kappa shape index (κ3) is 3.01. The normalized spacial score (nSPS) is 10.8. The predicted octanol–water partition coefficient (Wildman–Crippen LogP) is 1.21. The first-order valence-electron chi connectivity index (χ1n) is 6.74. The number of aryl methyl sites for hydroxylation is 2. The number of hydrogen-bond donors (Lipinski definition) is 1. The molecule has 0 fully saturated rings. The van der Waals surface area contributed by atoms with Crippen molar-refractivity contribution in [2.75, 3.05) is 13.1 Å². The summed E-state index contributed by atoms with van der Waals surface area (Å²) in [6.45, 7) is 4.33. The molecular formula is C14H18N4O3. The van der Waals surface area contributed by atoms with Crippen LogP contribution < -0.4 is 0 Å². The molecule has 0 aliphatic heterocycles. The van der Waals surface area contributed by atoms with Gasteiger partial charge >= 0.3 is 5.97 Å². The van der Waals surface area contributed by atoms with E-state index in [1.807, 2.05) is 13.8 Å². The minimum absolute atomic E-state index is 0.0683. The van der Waals surface area contributed by atoms with Crippen LogP contribution in [0.4, 0.5) is 0 Å². The van der Waals surface area contributed by atoms with Crippen molar-refractivity contribution in [2.24, 2.45) is 7.05 Å². The Morgan fingerprint density at radius 2 is 2.14 bits per heavy atom. The molecule has 1 amide bonds. The van der Waals surface area contributed by atoms with Gasteiger partial charge in [-0.15, -0.1) is 0 Å². The number of carbonyl (C=O) groups is 2. The maximum absolute atomic E-state index is 12.4. The van der Waals surface area contributed by atoms with Crippen molar-refractivity contribution < 1.29 is 14.7 Å². The summed E-state index contributed by atoms with van der Waals surface area (Å²) < 4.78 is 1.67. The molecule has 0 aliphatic carbocycles. The number of rotatable bonds is 5. The maximum Gasteiger partial charge on any atom is 0.305 e. The number of hydrogen-bond acceptors (Lipinski definition) is 4. The van der Waals surface area contributed by atoms with Gasteiger partial charge in [0.25, 0.3) is 5.91 Å². The summed E-state index contributed by atoms with van der Waals surface area (Å²) in [5.41, 5.74) is 1.98. The van der Waals surface area contributed by atoms with E-state index >= 15 is 0 Å². The van der Waals surface area contributed by atoms with E-state index < -0.39 is 5.97 Å². The number of fused-ring (bicyclic) bond motifs is 1. The van der Waals surface area contributed by atoms with Gasteiger partial charge in [0.2, 0.25) is 0 Å².